The van der Waals surface area contributed by atoms with Crippen LogP contribution >= 0.6 is 23.4 Å². The second-order valence-electron chi connectivity index (χ2n) is 5.21. The lowest BCUT2D eigenvalue weighted by atomic mass is 9.95. The second kappa shape index (κ2) is 7.91. The van der Waals surface area contributed by atoms with Crippen LogP contribution < -0.4 is 11.1 Å². The summed E-state index contributed by atoms with van der Waals surface area (Å²) in [5, 5.41) is 4.27. The highest BCUT2D eigenvalue weighted by molar-refractivity contribution is 7.99. The van der Waals surface area contributed by atoms with Crippen molar-refractivity contribution < 1.29 is 4.79 Å². The third-order valence-electron chi connectivity index (χ3n) is 3.16. The Morgan fingerprint density at radius 3 is 2.55 bits per heavy atom. The number of amides is 1. The van der Waals surface area contributed by atoms with Crippen molar-refractivity contribution in [3.05, 3.63) is 29.3 Å². The topological polar surface area (TPSA) is 55.1 Å². The van der Waals surface area contributed by atoms with Gasteiger partial charge in [-0.1, -0.05) is 25.4 Å². The monoisotopic (exact) mass is 314 g/mol. The van der Waals surface area contributed by atoms with E-state index in [4.69, 9.17) is 17.3 Å². The Labute approximate surface area is 130 Å². The van der Waals surface area contributed by atoms with Gasteiger partial charge < -0.3 is 11.1 Å². The predicted molar refractivity (Wildman–Crippen MR) is 87.3 cm³/mol. The Bertz CT molecular complexity index is 438. The summed E-state index contributed by atoms with van der Waals surface area (Å²) in [6.07, 6.45) is 1.66. The maximum atomic E-state index is 11.7. The molecule has 0 aliphatic carbocycles. The minimum atomic E-state index is -0.658. The zero-order valence-electron chi connectivity index (χ0n) is 12.3. The van der Waals surface area contributed by atoms with Crippen molar-refractivity contribution in [2.75, 3.05) is 6.54 Å². The predicted octanol–water partition coefficient (Wildman–Crippen LogP) is 3.45. The SMILES string of the molecule is CCCNC(C)(CC(C)Sc1ccc(Cl)cc1)C(N)=O. The van der Waals surface area contributed by atoms with E-state index in [1.807, 2.05) is 31.2 Å². The van der Waals surface area contributed by atoms with Gasteiger partial charge in [0.2, 0.25) is 5.91 Å². The average Bonchev–Trinajstić information content (AvgIpc) is 2.39. The van der Waals surface area contributed by atoms with Gasteiger partial charge in [-0.15, -0.1) is 11.8 Å². The number of thioether (sulfide) groups is 1. The normalized spacial score (nSPS) is 15.6. The fraction of sp³-hybridized carbons (Fsp3) is 0.533. The van der Waals surface area contributed by atoms with Gasteiger partial charge in [-0.05, 0) is 50.6 Å². The van der Waals surface area contributed by atoms with E-state index in [9.17, 15) is 4.79 Å². The Morgan fingerprint density at radius 2 is 2.05 bits per heavy atom. The van der Waals surface area contributed by atoms with Gasteiger partial charge in [0, 0.05) is 15.2 Å². The largest absolute Gasteiger partial charge is 0.368 e. The zero-order chi connectivity index (χ0) is 15.2. The van der Waals surface area contributed by atoms with E-state index in [2.05, 4.69) is 19.2 Å². The number of nitrogens with two attached hydrogens (primary N) is 1. The summed E-state index contributed by atoms with van der Waals surface area (Å²) in [6, 6.07) is 7.73. The molecule has 0 spiro atoms. The van der Waals surface area contributed by atoms with Crippen molar-refractivity contribution in [3.63, 3.8) is 0 Å². The summed E-state index contributed by atoms with van der Waals surface area (Å²) in [6.45, 7) is 6.84. The first-order valence-electron chi connectivity index (χ1n) is 6.84. The number of nitrogens with one attached hydrogen (secondary N) is 1. The van der Waals surface area contributed by atoms with Crippen LogP contribution in [0.1, 0.15) is 33.6 Å². The summed E-state index contributed by atoms with van der Waals surface area (Å²) < 4.78 is 0. The van der Waals surface area contributed by atoms with Crippen molar-refractivity contribution in [2.45, 2.75) is 49.3 Å². The van der Waals surface area contributed by atoms with Gasteiger partial charge in [-0.25, -0.2) is 0 Å². The molecular formula is C15H23ClN2OS. The van der Waals surface area contributed by atoms with Gasteiger partial charge in [0.25, 0.3) is 0 Å². The number of benzene rings is 1. The Morgan fingerprint density at radius 1 is 1.45 bits per heavy atom. The lowest BCUT2D eigenvalue weighted by Crippen LogP contribution is -2.54. The van der Waals surface area contributed by atoms with E-state index in [-0.39, 0.29) is 11.2 Å². The Kier molecular flexibility index (Phi) is 6.86. The molecule has 0 aliphatic heterocycles. The minimum absolute atomic E-state index is 0.276. The molecule has 1 amide bonds. The molecule has 1 aromatic rings. The smallest absolute Gasteiger partial charge is 0.237 e. The summed E-state index contributed by atoms with van der Waals surface area (Å²) in [5.74, 6) is -0.297. The molecule has 0 bridgehead atoms. The van der Waals surface area contributed by atoms with Crippen LogP contribution in [0.5, 0.6) is 0 Å². The second-order valence-corrected chi connectivity index (χ2v) is 7.16. The molecule has 1 aromatic carbocycles. The van der Waals surface area contributed by atoms with Gasteiger partial charge in [-0.2, -0.15) is 0 Å². The Hall–Kier alpha value is -0.710. The van der Waals surface area contributed by atoms with Gasteiger partial charge in [0.1, 0.15) is 0 Å². The molecule has 0 fully saturated rings. The van der Waals surface area contributed by atoms with Crippen LogP contribution in [0.15, 0.2) is 29.2 Å². The lowest BCUT2D eigenvalue weighted by molar-refractivity contribution is -0.124. The third kappa shape index (κ3) is 5.35. The number of carbonyl (C=O) groups is 1. The van der Waals surface area contributed by atoms with Crippen LogP contribution in [0.2, 0.25) is 5.02 Å². The average molecular weight is 315 g/mol. The van der Waals surface area contributed by atoms with E-state index < -0.39 is 5.54 Å². The summed E-state index contributed by atoms with van der Waals surface area (Å²) in [7, 11) is 0. The maximum Gasteiger partial charge on any atom is 0.237 e. The highest BCUT2D eigenvalue weighted by Crippen LogP contribution is 2.29. The fourth-order valence-electron chi connectivity index (χ4n) is 2.02. The van der Waals surface area contributed by atoms with Crippen molar-refractivity contribution in [3.8, 4) is 0 Å². The molecule has 2 atom stereocenters. The van der Waals surface area contributed by atoms with E-state index in [1.165, 1.54) is 0 Å². The molecule has 0 radical (unpaired) electrons. The highest BCUT2D eigenvalue weighted by atomic mass is 35.5. The van der Waals surface area contributed by atoms with Crippen molar-refractivity contribution in [1.29, 1.82) is 0 Å². The van der Waals surface area contributed by atoms with E-state index in [0.717, 1.165) is 22.9 Å². The van der Waals surface area contributed by atoms with E-state index >= 15 is 0 Å². The van der Waals surface area contributed by atoms with Crippen LogP contribution in [-0.2, 0) is 4.79 Å². The van der Waals surface area contributed by atoms with E-state index in [1.54, 1.807) is 11.8 Å². The molecule has 0 saturated heterocycles. The number of rotatable bonds is 8. The maximum absolute atomic E-state index is 11.7. The van der Waals surface area contributed by atoms with Crippen molar-refractivity contribution in [1.82, 2.24) is 5.32 Å². The summed E-state index contributed by atoms with van der Waals surface area (Å²) in [5.41, 5.74) is 4.89. The number of hydrogen-bond donors (Lipinski definition) is 2. The van der Waals surface area contributed by atoms with E-state index in [0.29, 0.717) is 6.42 Å². The summed E-state index contributed by atoms with van der Waals surface area (Å²) >= 11 is 7.60. The minimum Gasteiger partial charge on any atom is -0.368 e. The molecule has 0 saturated carbocycles. The van der Waals surface area contributed by atoms with Gasteiger partial charge in [0.05, 0.1) is 5.54 Å². The van der Waals surface area contributed by atoms with Crippen LogP contribution in [-0.4, -0.2) is 23.2 Å². The molecule has 112 valence electrons. The summed E-state index contributed by atoms with van der Waals surface area (Å²) in [4.78, 5) is 12.8. The fourth-order valence-corrected chi connectivity index (χ4v) is 3.32. The number of hydrogen-bond acceptors (Lipinski definition) is 3. The molecule has 0 aromatic heterocycles. The quantitative estimate of drug-likeness (QED) is 0.723. The number of halogens is 1. The molecular weight excluding hydrogens is 292 g/mol. The van der Waals surface area contributed by atoms with Crippen LogP contribution in [0.3, 0.4) is 0 Å². The molecule has 20 heavy (non-hydrogen) atoms. The molecule has 0 heterocycles. The molecule has 2 unspecified atom stereocenters. The third-order valence-corrected chi connectivity index (χ3v) is 4.52. The molecule has 1 rings (SSSR count). The first kappa shape index (κ1) is 17.3. The van der Waals surface area contributed by atoms with Gasteiger partial charge in [-0.3, -0.25) is 4.79 Å². The highest BCUT2D eigenvalue weighted by Gasteiger charge is 2.32. The lowest BCUT2D eigenvalue weighted by Gasteiger charge is -2.30. The van der Waals surface area contributed by atoms with Crippen molar-refractivity contribution in [2.24, 2.45) is 5.73 Å². The number of carbonyl (C=O) groups excluding carboxylic acids is 1. The van der Waals surface area contributed by atoms with Gasteiger partial charge in [0.15, 0.2) is 0 Å². The van der Waals surface area contributed by atoms with Crippen molar-refractivity contribution >= 4 is 29.3 Å². The first-order valence-corrected chi connectivity index (χ1v) is 8.10. The molecule has 0 aliphatic rings. The van der Waals surface area contributed by atoms with Crippen LogP contribution in [0.25, 0.3) is 0 Å². The Balaban J connectivity index is 2.64. The first-order chi connectivity index (χ1) is 9.37. The molecule has 3 N–H and O–H groups in total. The van der Waals surface area contributed by atoms with Crippen LogP contribution in [0.4, 0.5) is 0 Å². The molecule has 3 nitrogen and oxygen atoms in total. The van der Waals surface area contributed by atoms with Gasteiger partial charge >= 0.3 is 0 Å². The standard InChI is InChI=1S/C15H23ClN2OS/c1-4-9-18-15(3,14(17)19)10-11(2)20-13-7-5-12(16)6-8-13/h5-8,11,18H,4,9-10H2,1-3H3,(H2,17,19). The van der Waals surface area contributed by atoms with Crippen LogP contribution in [0, 0.1) is 0 Å². The zero-order valence-corrected chi connectivity index (χ0v) is 13.9. The number of primary amides is 1. The molecule has 5 heteroatoms.